The fourth-order valence-electron chi connectivity index (χ4n) is 3.22. The zero-order valence-corrected chi connectivity index (χ0v) is 14.1. The van der Waals surface area contributed by atoms with Gasteiger partial charge in [0.2, 0.25) is 0 Å². The Labute approximate surface area is 149 Å². The first-order chi connectivity index (χ1) is 12.6. The molecule has 0 fully saturated rings. The van der Waals surface area contributed by atoms with Gasteiger partial charge in [-0.25, -0.2) is 9.78 Å². The van der Waals surface area contributed by atoms with E-state index in [0.717, 1.165) is 16.9 Å². The number of ether oxygens (including phenoxy) is 1. The summed E-state index contributed by atoms with van der Waals surface area (Å²) in [5.41, 5.74) is 2.28. The molecule has 0 unspecified atom stereocenters. The summed E-state index contributed by atoms with van der Waals surface area (Å²) in [5, 5.41) is 9.60. The van der Waals surface area contributed by atoms with Gasteiger partial charge in [0.1, 0.15) is 11.6 Å². The lowest BCUT2D eigenvalue weighted by molar-refractivity contribution is 0.0697. The largest absolute Gasteiger partial charge is 0.497 e. The number of hydrogen-bond donors (Lipinski definition) is 1. The summed E-state index contributed by atoms with van der Waals surface area (Å²) in [4.78, 5) is 28.5. The van der Waals surface area contributed by atoms with Crippen LogP contribution in [0.25, 0.3) is 22.6 Å². The third-order valence-corrected chi connectivity index (χ3v) is 4.53. The normalized spacial score (nSPS) is 14.6. The Kier molecular flexibility index (Phi) is 3.80. The van der Waals surface area contributed by atoms with E-state index in [-0.39, 0.29) is 11.1 Å². The van der Waals surface area contributed by atoms with Crippen molar-refractivity contribution in [1.29, 1.82) is 0 Å². The van der Waals surface area contributed by atoms with E-state index < -0.39 is 5.97 Å². The van der Waals surface area contributed by atoms with Crippen LogP contribution in [0.3, 0.4) is 0 Å². The number of carboxylic acid groups (broad SMARTS) is 1. The lowest BCUT2D eigenvalue weighted by Gasteiger charge is -2.06. The molecule has 0 atom stereocenters. The number of fused-ring (bicyclic) bond motifs is 2. The third-order valence-electron chi connectivity index (χ3n) is 4.53. The van der Waals surface area contributed by atoms with Crippen LogP contribution in [0.2, 0.25) is 0 Å². The van der Waals surface area contributed by atoms with Crippen LogP contribution in [0.15, 0.2) is 47.3 Å². The summed E-state index contributed by atoms with van der Waals surface area (Å²) in [6.07, 6.45) is 2.68. The van der Waals surface area contributed by atoms with E-state index >= 15 is 0 Å². The minimum absolute atomic E-state index is 0.116. The fraction of sp³-hybridized carbons (Fsp3) is 0.150. The average Bonchev–Trinajstić information content (AvgIpc) is 3.04. The molecular formula is C20H16N2O4. The van der Waals surface area contributed by atoms with E-state index in [1.165, 1.54) is 18.2 Å². The predicted octanol–water partition coefficient (Wildman–Crippen LogP) is 3.05. The van der Waals surface area contributed by atoms with Crippen LogP contribution in [0.5, 0.6) is 5.75 Å². The fourth-order valence-corrected chi connectivity index (χ4v) is 3.22. The first kappa shape index (κ1) is 16.1. The van der Waals surface area contributed by atoms with Crippen molar-refractivity contribution in [2.75, 3.05) is 7.11 Å². The van der Waals surface area contributed by atoms with Crippen LogP contribution in [-0.2, 0) is 6.54 Å². The lowest BCUT2D eigenvalue weighted by Crippen LogP contribution is -2.20. The summed E-state index contributed by atoms with van der Waals surface area (Å²) in [7, 11) is 1.62. The van der Waals surface area contributed by atoms with Crippen LogP contribution in [0, 0.1) is 0 Å². The van der Waals surface area contributed by atoms with Crippen molar-refractivity contribution in [3.63, 3.8) is 0 Å². The van der Waals surface area contributed by atoms with E-state index in [1.807, 2.05) is 30.3 Å². The Morgan fingerprint density at radius 3 is 2.88 bits per heavy atom. The maximum Gasteiger partial charge on any atom is 0.335 e. The molecule has 4 rings (SSSR count). The molecule has 26 heavy (non-hydrogen) atoms. The second kappa shape index (κ2) is 6.15. The molecule has 6 nitrogen and oxygen atoms in total. The van der Waals surface area contributed by atoms with Gasteiger partial charge in [-0.15, -0.1) is 0 Å². The first-order valence-corrected chi connectivity index (χ1v) is 8.20. The van der Waals surface area contributed by atoms with Crippen molar-refractivity contribution in [3.8, 4) is 5.75 Å². The van der Waals surface area contributed by atoms with Crippen molar-refractivity contribution >= 4 is 28.5 Å². The maximum atomic E-state index is 12.7. The minimum atomic E-state index is -1.04. The molecule has 0 saturated carbocycles. The molecule has 0 aliphatic carbocycles. The van der Waals surface area contributed by atoms with Crippen LogP contribution in [0.4, 0.5) is 0 Å². The van der Waals surface area contributed by atoms with Crippen molar-refractivity contribution < 1.29 is 14.6 Å². The van der Waals surface area contributed by atoms with E-state index in [9.17, 15) is 9.59 Å². The smallest absolute Gasteiger partial charge is 0.335 e. The monoisotopic (exact) mass is 348 g/mol. The van der Waals surface area contributed by atoms with Gasteiger partial charge in [-0.05, 0) is 54.0 Å². The highest BCUT2D eigenvalue weighted by atomic mass is 16.5. The summed E-state index contributed by atoms with van der Waals surface area (Å²) in [6, 6.07) is 12.1. The average molecular weight is 348 g/mol. The van der Waals surface area contributed by atoms with E-state index in [1.54, 1.807) is 11.7 Å². The highest BCUT2D eigenvalue weighted by Gasteiger charge is 2.21. The summed E-state index contributed by atoms with van der Waals surface area (Å²) >= 11 is 0. The highest BCUT2D eigenvalue weighted by molar-refractivity contribution is 5.93. The molecule has 3 aromatic rings. The Balaban J connectivity index is 1.87. The van der Waals surface area contributed by atoms with E-state index in [4.69, 9.17) is 9.84 Å². The summed E-state index contributed by atoms with van der Waals surface area (Å²) < 4.78 is 6.89. The SMILES string of the molecule is COc1cccc(C=C2CCn3c2nc2cc(C(=O)O)ccc2c3=O)c1. The van der Waals surface area contributed by atoms with Gasteiger partial charge in [-0.3, -0.25) is 9.36 Å². The first-order valence-electron chi connectivity index (χ1n) is 8.20. The Hall–Kier alpha value is -3.41. The van der Waals surface area contributed by atoms with Gasteiger partial charge in [0.05, 0.1) is 23.6 Å². The van der Waals surface area contributed by atoms with Crippen LogP contribution in [0.1, 0.15) is 28.2 Å². The molecule has 6 heteroatoms. The molecule has 130 valence electrons. The minimum Gasteiger partial charge on any atom is -0.497 e. The van der Waals surface area contributed by atoms with Crippen molar-refractivity contribution in [2.45, 2.75) is 13.0 Å². The van der Waals surface area contributed by atoms with E-state index in [0.29, 0.717) is 29.7 Å². The molecule has 1 aliphatic rings. The van der Waals surface area contributed by atoms with Crippen LogP contribution in [-0.4, -0.2) is 27.7 Å². The number of rotatable bonds is 3. The summed E-state index contributed by atoms with van der Waals surface area (Å²) in [5.74, 6) is 0.307. The Morgan fingerprint density at radius 1 is 1.27 bits per heavy atom. The number of nitrogens with zero attached hydrogens (tertiary/aromatic N) is 2. The number of hydrogen-bond acceptors (Lipinski definition) is 4. The molecule has 0 spiro atoms. The third kappa shape index (κ3) is 2.65. The standard InChI is InChI=1S/C20H16N2O4/c1-26-15-4-2-3-12(10-15)9-13-7-8-22-18(13)21-17-11-14(20(24)25)5-6-16(17)19(22)23/h2-6,9-11H,7-8H2,1H3,(H,24,25). The van der Waals surface area contributed by atoms with Gasteiger partial charge in [-0.1, -0.05) is 12.1 Å². The van der Waals surface area contributed by atoms with Crippen LogP contribution >= 0.6 is 0 Å². The van der Waals surface area contributed by atoms with Gasteiger partial charge in [0, 0.05) is 6.54 Å². The molecule has 0 radical (unpaired) electrons. The molecule has 0 bridgehead atoms. The van der Waals surface area contributed by atoms with Crippen molar-refractivity contribution in [1.82, 2.24) is 9.55 Å². The number of carbonyl (C=O) groups is 1. The quantitative estimate of drug-likeness (QED) is 0.787. The van der Waals surface area contributed by atoms with Gasteiger partial charge in [0.15, 0.2) is 0 Å². The number of benzene rings is 2. The van der Waals surface area contributed by atoms with Gasteiger partial charge in [-0.2, -0.15) is 0 Å². The Morgan fingerprint density at radius 2 is 2.12 bits per heavy atom. The molecule has 1 aliphatic heterocycles. The highest BCUT2D eigenvalue weighted by Crippen LogP contribution is 2.28. The number of aromatic nitrogens is 2. The molecule has 2 aromatic carbocycles. The lowest BCUT2D eigenvalue weighted by atomic mass is 10.1. The van der Waals surface area contributed by atoms with Crippen molar-refractivity contribution in [2.24, 2.45) is 0 Å². The van der Waals surface area contributed by atoms with E-state index in [2.05, 4.69) is 4.98 Å². The number of methoxy groups -OCH3 is 1. The molecular weight excluding hydrogens is 332 g/mol. The molecule has 1 aromatic heterocycles. The number of allylic oxidation sites excluding steroid dienone is 1. The second-order valence-electron chi connectivity index (χ2n) is 6.13. The van der Waals surface area contributed by atoms with Gasteiger partial charge >= 0.3 is 5.97 Å². The zero-order chi connectivity index (χ0) is 18.3. The van der Waals surface area contributed by atoms with Crippen molar-refractivity contribution in [3.05, 3.63) is 69.8 Å². The zero-order valence-electron chi connectivity index (χ0n) is 14.1. The van der Waals surface area contributed by atoms with Gasteiger partial charge in [0.25, 0.3) is 5.56 Å². The number of carboxylic acids is 1. The summed E-state index contributed by atoms with van der Waals surface area (Å²) in [6.45, 7) is 0.563. The topological polar surface area (TPSA) is 81.4 Å². The van der Waals surface area contributed by atoms with Crippen LogP contribution < -0.4 is 10.3 Å². The predicted molar refractivity (Wildman–Crippen MR) is 98.4 cm³/mol. The molecule has 0 amide bonds. The van der Waals surface area contributed by atoms with Gasteiger partial charge < -0.3 is 9.84 Å². The second-order valence-corrected chi connectivity index (χ2v) is 6.13. The Bertz CT molecular complexity index is 1130. The maximum absolute atomic E-state index is 12.7. The molecule has 1 N–H and O–H groups in total. The molecule has 0 saturated heterocycles. The number of aromatic carboxylic acids is 1. The molecule has 2 heterocycles.